The summed E-state index contributed by atoms with van der Waals surface area (Å²) in [6, 6.07) is 27.1. The van der Waals surface area contributed by atoms with Crippen LogP contribution in [0, 0.1) is 11.8 Å². The average molecular weight is 555 g/mol. The van der Waals surface area contributed by atoms with Crippen LogP contribution >= 0.6 is 0 Å². The maximum absolute atomic E-state index is 12.4. The molecule has 4 rings (SSSR count). The summed E-state index contributed by atoms with van der Waals surface area (Å²) >= 11 is 0. The second-order valence-corrected chi connectivity index (χ2v) is 9.01. The lowest BCUT2D eigenvalue weighted by Crippen LogP contribution is -2.09. The largest absolute Gasteiger partial charge is 0.423 e. The third kappa shape index (κ3) is 7.59. The zero-order chi connectivity index (χ0) is 30.1. The predicted molar refractivity (Wildman–Crippen MR) is 162 cm³/mol. The molecule has 4 aromatic rings. The third-order valence-corrected chi connectivity index (χ3v) is 5.90. The van der Waals surface area contributed by atoms with Gasteiger partial charge in [-0.05, 0) is 77.7 Å². The zero-order valence-electron chi connectivity index (χ0n) is 22.9. The van der Waals surface area contributed by atoms with Crippen LogP contribution in [0.3, 0.4) is 0 Å². The fraction of sp³-hybridized carbons (Fsp3) is 0.0278. The Bertz CT molecular complexity index is 1730. The number of esters is 3. The highest BCUT2D eigenvalue weighted by atomic mass is 16.5. The lowest BCUT2D eigenvalue weighted by atomic mass is 10.0. The lowest BCUT2D eigenvalue weighted by Gasteiger charge is -2.10. The molecule has 0 amide bonds. The van der Waals surface area contributed by atoms with Crippen molar-refractivity contribution in [3.05, 3.63) is 140 Å². The number of hydrogen-bond acceptors (Lipinski definition) is 6. The Balaban J connectivity index is 1.56. The zero-order valence-corrected chi connectivity index (χ0v) is 22.9. The predicted octanol–water partition coefficient (Wildman–Crippen LogP) is 7.08. The van der Waals surface area contributed by atoms with Gasteiger partial charge < -0.3 is 14.2 Å². The average Bonchev–Trinajstić information content (AvgIpc) is 3.01. The summed E-state index contributed by atoms with van der Waals surface area (Å²) in [5.74, 6) is 5.72. The molecule has 0 aromatic heterocycles. The van der Waals surface area contributed by atoms with Crippen molar-refractivity contribution < 1.29 is 28.6 Å². The fourth-order valence-corrected chi connectivity index (χ4v) is 3.71. The highest BCUT2D eigenvalue weighted by Gasteiger charge is 2.12. The molecule has 0 unspecified atom stereocenters. The van der Waals surface area contributed by atoms with Gasteiger partial charge in [-0.2, -0.15) is 0 Å². The second kappa shape index (κ2) is 13.4. The van der Waals surface area contributed by atoms with Gasteiger partial charge in [0.25, 0.3) is 0 Å². The highest BCUT2D eigenvalue weighted by Crippen LogP contribution is 2.29. The molecule has 6 heteroatoms. The van der Waals surface area contributed by atoms with Gasteiger partial charge in [-0.1, -0.05) is 74.0 Å². The molecule has 0 aliphatic heterocycles. The van der Waals surface area contributed by atoms with Gasteiger partial charge in [0.05, 0.1) is 5.56 Å². The van der Waals surface area contributed by atoms with Crippen LogP contribution in [0.5, 0.6) is 17.2 Å². The van der Waals surface area contributed by atoms with Crippen molar-refractivity contribution >= 4 is 17.9 Å². The summed E-state index contributed by atoms with van der Waals surface area (Å²) < 4.78 is 15.9. The molecule has 0 radical (unpaired) electrons. The van der Waals surface area contributed by atoms with Gasteiger partial charge in [-0.25, -0.2) is 14.4 Å². The van der Waals surface area contributed by atoms with Crippen LogP contribution in [0.2, 0.25) is 0 Å². The number of carbonyl (C=O) groups excluding carboxylic acids is 3. The van der Waals surface area contributed by atoms with E-state index in [0.29, 0.717) is 22.8 Å². The number of rotatable bonds is 8. The van der Waals surface area contributed by atoms with Gasteiger partial charge in [0, 0.05) is 23.3 Å². The van der Waals surface area contributed by atoms with E-state index in [9.17, 15) is 14.4 Å². The van der Waals surface area contributed by atoms with Gasteiger partial charge in [0.2, 0.25) is 0 Å². The minimum atomic E-state index is -0.559. The molecule has 0 fully saturated rings. The number of hydrogen-bond donors (Lipinski definition) is 0. The van der Waals surface area contributed by atoms with Crippen LogP contribution in [0.25, 0.3) is 22.3 Å². The van der Waals surface area contributed by atoms with Crippen molar-refractivity contribution in [3.8, 4) is 51.3 Å². The first-order valence-corrected chi connectivity index (χ1v) is 12.8. The van der Waals surface area contributed by atoms with E-state index in [0.717, 1.165) is 40.0 Å². The molecule has 0 heterocycles. The maximum atomic E-state index is 12.4. The first-order valence-electron chi connectivity index (χ1n) is 12.8. The molecule has 0 saturated carbocycles. The Hall–Kier alpha value is -5.93. The molecule has 0 atom stereocenters. The maximum Gasteiger partial charge on any atom is 0.338 e. The van der Waals surface area contributed by atoms with E-state index < -0.39 is 17.9 Å². The van der Waals surface area contributed by atoms with Crippen LogP contribution in [0.15, 0.2) is 128 Å². The number of ether oxygens (including phenoxy) is 3. The van der Waals surface area contributed by atoms with Crippen LogP contribution in [0.1, 0.15) is 18.1 Å². The van der Waals surface area contributed by atoms with Crippen molar-refractivity contribution in [1.29, 1.82) is 0 Å². The monoisotopic (exact) mass is 554 g/mol. The molecule has 0 N–H and O–H groups in total. The van der Waals surface area contributed by atoms with Crippen LogP contribution in [-0.2, 0) is 14.4 Å². The second-order valence-electron chi connectivity index (χ2n) is 9.01. The Morgan fingerprint density at radius 2 is 1.07 bits per heavy atom. The molecule has 0 spiro atoms. The van der Waals surface area contributed by atoms with Gasteiger partial charge in [0.1, 0.15) is 17.2 Å². The van der Waals surface area contributed by atoms with E-state index in [2.05, 4.69) is 31.6 Å². The van der Waals surface area contributed by atoms with E-state index >= 15 is 0 Å². The Morgan fingerprint density at radius 1 is 0.619 bits per heavy atom. The molecule has 0 bridgehead atoms. The standard InChI is InChI=1S/C36H26O6/c1-5-34(37)40-31-19-15-27(16-20-31)26-10-7-25(8-11-26)9-12-29-13-14-30(23-33(29)42-36(39)24(3)4)28-17-21-32(22-18-28)41-35(38)6-2/h5-8,10-11,13-23H,1-3H2,4H3. The quantitative estimate of drug-likeness (QED) is 0.100. The fourth-order valence-electron chi connectivity index (χ4n) is 3.71. The molecule has 206 valence electrons. The summed E-state index contributed by atoms with van der Waals surface area (Å²) in [5, 5.41) is 0. The molecule has 42 heavy (non-hydrogen) atoms. The Labute approximate surface area is 244 Å². The van der Waals surface area contributed by atoms with Gasteiger partial charge >= 0.3 is 17.9 Å². The first kappa shape index (κ1) is 29.1. The van der Waals surface area contributed by atoms with E-state index in [-0.39, 0.29) is 5.57 Å². The molecule has 4 aromatic carbocycles. The molecule has 0 aliphatic rings. The van der Waals surface area contributed by atoms with Crippen molar-refractivity contribution in [1.82, 2.24) is 0 Å². The number of carbonyl (C=O) groups is 3. The van der Waals surface area contributed by atoms with Crippen LogP contribution in [-0.4, -0.2) is 17.9 Å². The van der Waals surface area contributed by atoms with Crippen molar-refractivity contribution in [2.24, 2.45) is 0 Å². The van der Waals surface area contributed by atoms with E-state index in [1.165, 1.54) is 0 Å². The van der Waals surface area contributed by atoms with Crippen molar-refractivity contribution in [3.63, 3.8) is 0 Å². The molecule has 6 nitrogen and oxygen atoms in total. The van der Waals surface area contributed by atoms with Crippen molar-refractivity contribution in [2.75, 3.05) is 0 Å². The van der Waals surface area contributed by atoms with Gasteiger partial charge in [-0.3, -0.25) is 0 Å². The summed E-state index contributed by atoms with van der Waals surface area (Å²) in [4.78, 5) is 35.2. The Kier molecular flexibility index (Phi) is 9.29. The van der Waals surface area contributed by atoms with E-state index in [1.807, 2.05) is 42.5 Å². The first-order chi connectivity index (χ1) is 20.2. The van der Waals surface area contributed by atoms with E-state index in [1.54, 1.807) is 55.5 Å². The molecule has 0 saturated heterocycles. The molecule has 0 aliphatic carbocycles. The third-order valence-electron chi connectivity index (χ3n) is 5.90. The van der Waals surface area contributed by atoms with Crippen LogP contribution < -0.4 is 14.2 Å². The summed E-state index contributed by atoms with van der Waals surface area (Å²) in [7, 11) is 0. The topological polar surface area (TPSA) is 78.9 Å². The molecular weight excluding hydrogens is 528 g/mol. The minimum Gasteiger partial charge on any atom is -0.423 e. The van der Waals surface area contributed by atoms with Gasteiger partial charge in [-0.15, -0.1) is 0 Å². The SMILES string of the molecule is C=CC(=O)Oc1ccc(-c2ccc(C#Cc3ccc(-c4ccc(OC(=O)C=C)cc4)cc3OC(=O)C(=C)C)cc2)cc1. The lowest BCUT2D eigenvalue weighted by molar-refractivity contribution is -0.130. The minimum absolute atomic E-state index is 0.259. The van der Waals surface area contributed by atoms with E-state index in [4.69, 9.17) is 14.2 Å². The van der Waals surface area contributed by atoms with Gasteiger partial charge in [0.15, 0.2) is 0 Å². The molecular formula is C36H26O6. The smallest absolute Gasteiger partial charge is 0.338 e. The normalized spacial score (nSPS) is 9.93. The van der Waals surface area contributed by atoms with Crippen molar-refractivity contribution in [2.45, 2.75) is 6.92 Å². The highest BCUT2D eigenvalue weighted by molar-refractivity contribution is 5.89. The summed E-state index contributed by atoms with van der Waals surface area (Å²) in [6.45, 7) is 12.0. The van der Waals surface area contributed by atoms with Crippen LogP contribution in [0.4, 0.5) is 0 Å². The number of benzene rings is 4. The summed E-state index contributed by atoms with van der Waals surface area (Å²) in [5.41, 5.74) is 5.07. The Morgan fingerprint density at radius 3 is 1.55 bits per heavy atom. The summed E-state index contributed by atoms with van der Waals surface area (Å²) in [6.07, 6.45) is 2.20.